The molecule has 2 aromatic carbocycles. The fraction of sp³-hybridized carbons (Fsp3) is 0.562. The van der Waals surface area contributed by atoms with Crippen LogP contribution in [0.15, 0.2) is 36.4 Å². The number of nitrogens with zero attached hydrogens (tertiary/aromatic N) is 2. The maximum atomic E-state index is 15.3. The van der Waals surface area contributed by atoms with Crippen LogP contribution < -0.4 is 5.32 Å². The Bertz CT molecular complexity index is 1310. The molecule has 5 aliphatic rings. The lowest BCUT2D eigenvalue weighted by Crippen LogP contribution is -2.54. The second kappa shape index (κ2) is 10.1. The summed E-state index contributed by atoms with van der Waals surface area (Å²) >= 11 is 0. The molecule has 2 aromatic rings. The average molecular weight is 530 g/mol. The highest BCUT2D eigenvalue weighted by atomic mass is 19.1. The van der Waals surface area contributed by atoms with Crippen molar-refractivity contribution >= 4 is 5.78 Å². The molecule has 1 N–H and O–H groups in total. The third-order valence-electron chi connectivity index (χ3n) is 10.0. The van der Waals surface area contributed by atoms with Gasteiger partial charge in [0.25, 0.3) is 0 Å². The van der Waals surface area contributed by atoms with E-state index in [0.29, 0.717) is 30.2 Å². The summed E-state index contributed by atoms with van der Waals surface area (Å²) in [7, 11) is 0. The first-order valence-corrected chi connectivity index (χ1v) is 14.6. The van der Waals surface area contributed by atoms with Gasteiger partial charge in [0.2, 0.25) is 0 Å². The van der Waals surface area contributed by atoms with Crippen molar-refractivity contribution in [3.8, 4) is 17.2 Å². The molecular formula is C32H36FN3O3. The first kappa shape index (κ1) is 25.3. The lowest BCUT2D eigenvalue weighted by atomic mass is 9.82. The second-order valence-corrected chi connectivity index (χ2v) is 12.3. The number of hydrogen-bond acceptors (Lipinski definition) is 6. The minimum atomic E-state index is -0.520. The molecule has 4 fully saturated rings. The van der Waals surface area contributed by atoms with Crippen molar-refractivity contribution in [2.24, 2.45) is 11.8 Å². The van der Waals surface area contributed by atoms with E-state index in [0.717, 1.165) is 69.5 Å². The lowest BCUT2D eigenvalue weighted by Gasteiger charge is -2.45. The summed E-state index contributed by atoms with van der Waals surface area (Å²) in [6.07, 6.45) is 5.63. The maximum Gasteiger partial charge on any atom is 0.151 e. The van der Waals surface area contributed by atoms with Crippen LogP contribution in [0, 0.1) is 29.0 Å². The Morgan fingerprint density at radius 3 is 2.62 bits per heavy atom. The van der Waals surface area contributed by atoms with E-state index >= 15 is 4.39 Å². The van der Waals surface area contributed by atoms with Crippen LogP contribution in [0.25, 0.3) is 11.1 Å². The van der Waals surface area contributed by atoms with Gasteiger partial charge in [-0.2, -0.15) is 5.26 Å². The van der Waals surface area contributed by atoms with Crippen molar-refractivity contribution in [2.75, 3.05) is 26.3 Å². The summed E-state index contributed by atoms with van der Waals surface area (Å²) in [6.45, 7) is 4.30. The van der Waals surface area contributed by atoms with Crippen molar-refractivity contribution in [3.63, 3.8) is 0 Å². The minimum absolute atomic E-state index is 0.104. The number of benzene rings is 2. The molecule has 204 valence electrons. The van der Waals surface area contributed by atoms with Crippen molar-refractivity contribution in [1.29, 1.82) is 5.26 Å². The molecule has 39 heavy (non-hydrogen) atoms. The maximum absolute atomic E-state index is 15.3. The number of halogens is 1. The smallest absolute Gasteiger partial charge is 0.151 e. The monoisotopic (exact) mass is 529 g/mol. The molecule has 4 atom stereocenters. The molecule has 0 aromatic heterocycles. The zero-order valence-corrected chi connectivity index (χ0v) is 22.3. The molecular weight excluding hydrogens is 493 g/mol. The molecule has 2 bridgehead atoms. The van der Waals surface area contributed by atoms with Gasteiger partial charge in [-0.05, 0) is 84.4 Å². The number of hydrogen-bond donors (Lipinski definition) is 1. The Kier molecular flexibility index (Phi) is 6.55. The van der Waals surface area contributed by atoms with Gasteiger partial charge < -0.3 is 14.8 Å². The number of likely N-dealkylation sites (tertiary alicyclic amines) is 1. The zero-order valence-electron chi connectivity index (χ0n) is 22.3. The number of rotatable bonds is 7. The van der Waals surface area contributed by atoms with Crippen molar-refractivity contribution in [3.05, 3.63) is 58.9 Å². The predicted molar refractivity (Wildman–Crippen MR) is 144 cm³/mol. The largest absolute Gasteiger partial charge is 0.378 e. The average Bonchev–Trinajstić information content (AvgIpc) is 3.65. The highest BCUT2D eigenvalue weighted by molar-refractivity contribution is 5.85. The summed E-state index contributed by atoms with van der Waals surface area (Å²) < 4.78 is 27.1. The lowest BCUT2D eigenvalue weighted by molar-refractivity contribution is -0.122. The van der Waals surface area contributed by atoms with Crippen LogP contribution in [-0.4, -0.2) is 55.1 Å². The Morgan fingerprint density at radius 1 is 1.15 bits per heavy atom. The number of nitrogens with one attached hydrogen (secondary N) is 1. The number of fused-ring (bicyclic) bond motifs is 4. The molecule has 3 saturated heterocycles. The topological polar surface area (TPSA) is 74.6 Å². The van der Waals surface area contributed by atoms with Crippen LogP contribution in [-0.2, 0) is 32.9 Å². The Labute approximate surface area is 229 Å². The van der Waals surface area contributed by atoms with E-state index in [2.05, 4.69) is 34.5 Å². The van der Waals surface area contributed by atoms with Gasteiger partial charge in [0.1, 0.15) is 5.82 Å². The Balaban J connectivity index is 1.04. The van der Waals surface area contributed by atoms with Gasteiger partial charge in [0.15, 0.2) is 5.78 Å². The molecule has 1 aliphatic carbocycles. The molecule has 6 nitrogen and oxygen atoms in total. The number of carbonyl (C=O) groups excluding carboxylic acids is 1. The molecule has 7 heteroatoms. The highest BCUT2D eigenvalue weighted by Gasteiger charge is 2.45. The number of Topliss-reactive ketones (excluding diaryl/α,β-unsaturated/α-hetero) is 1. The van der Waals surface area contributed by atoms with Gasteiger partial charge >= 0.3 is 0 Å². The number of ketones is 1. The van der Waals surface area contributed by atoms with Crippen molar-refractivity contribution < 1.29 is 18.7 Å². The Morgan fingerprint density at radius 2 is 1.95 bits per heavy atom. The summed E-state index contributed by atoms with van der Waals surface area (Å²) in [4.78, 5) is 15.4. The van der Waals surface area contributed by atoms with E-state index in [4.69, 9.17) is 9.47 Å². The predicted octanol–water partition coefficient (Wildman–Crippen LogP) is 4.49. The fourth-order valence-corrected chi connectivity index (χ4v) is 7.61. The van der Waals surface area contributed by atoms with E-state index in [1.165, 1.54) is 11.1 Å². The van der Waals surface area contributed by atoms with E-state index in [-0.39, 0.29) is 36.1 Å². The standard InChI is InChI=1S/C32H36FN3O3/c33-29-15-22(1-3-23(29)11-20(16-34)12-30(37)31-24-5-6-26(13-24)35-31)21-2-4-25-17-39-32(28(25)14-21)7-9-36(10-8-32)27-18-38-19-27/h1-4,14-15,20,24,26-27,31,35H,5-13,17-19H2/t20-,24+,26-,31+/m1/s1. The fourth-order valence-electron chi connectivity index (χ4n) is 7.61. The molecule has 4 heterocycles. The van der Waals surface area contributed by atoms with Gasteiger partial charge in [-0.3, -0.25) is 9.69 Å². The molecule has 0 amide bonds. The summed E-state index contributed by atoms with van der Waals surface area (Å²) in [5, 5.41) is 13.2. The Hall–Kier alpha value is -2.63. The molecule has 1 saturated carbocycles. The number of piperidine rings is 2. The number of nitriles is 1. The van der Waals surface area contributed by atoms with Gasteiger partial charge in [-0.1, -0.05) is 24.3 Å². The highest BCUT2D eigenvalue weighted by Crippen LogP contribution is 2.46. The van der Waals surface area contributed by atoms with Gasteiger partial charge in [0, 0.05) is 25.6 Å². The minimum Gasteiger partial charge on any atom is -0.378 e. The van der Waals surface area contributed by atoms with Crippen LogP contribution >= 0.6 is 0 Å². The van der Waals surface area contributed by atoms with Crippen LogP contribution in [0.4, 0.5) is 4.39 Å². The van der Waals surface area contributed by atoms with Crippen molar-refractivity contribution in [1.82, 2.24) is 10.2 Å². The van der Waals surface area contributed by atoms with E-state index < -0.39 is 5.92 Å². The summed E-state index contributed by atoms with van der Waals surface area (Å²) in [6, 6.07) is 14.8. The number of carbonyl (C=O) groups is 1. The SMILES string of the molecule is N#C[C@@H](CC(=O)[C@H]1N[C@@H]2CC[C@H]1C2)Cc1ccc(-c2ccc3c(c2)C2(CCN(C4COC4)CC2)OC3)cc1F. The van der Waals surface area contributed by atoms with Crippen LogP contribution in [0.5, 0.6) is 0 Å². The van der Waals surface area contributed by atoms with E-state index in [1.54, 1.807) is 12.1 Å². The van der Waals surface area contributed by atoms with Crippen LogP contribution in [0.3, 0.4) is 0 Å². The van der Waals surface area contributed by atoms with E-state index in [9.17, 15) is 10.1 Å². The third kappa shape index (κ3) is 4.62. The van der Waals surface area contributed by atoms with Crippen LogP contribution in [0.1, 0.15) is 55.2 Å². The molecule has 1 spiro atoms. The van der Waals surface area contributed by atoms with E-state index in [1.807, 2.05) is 6.07 Å². The molecule has 7 rings (SSSR count). The normalized spacial score (nSPS) is 28.3. The third-order valence-corrected chi connectivity index (χ3v) is 10.0. The number of ether oxygens (including phenoxy) is 2. The quantitative estimate of drug-likeness (QED) is 0.570. The summed E-state index contributed by atoms with van der Waals surface area (Å²) in [5.41, 5.74) is 4.50. The van der Waals surface area contributed by atoms with Gasteiger partial charge in [0.05, 0.1) is 49.5 Å². The van der Waals surface area contributed by atoms with Gasteiger partial charge in [-0.25, -0.2) is 4.39 Å². The second-order valence-electron chi connectivity index (χ2n) is 12.3. The zero-order chi connectivity index (χ0) is 26.6. The first-order valence-electron chi connectivity index (χ1n) is 14.6. The van der Waals surface area contributed by atoms with Crippen molar-refractivity contribution in [2.45, 2.75) is 75.3 Å². The molecule has 0 unspecified atom stereocenters. The van der Waals surface area contributed by atoms with Gasteiger partial charge in [-0.15, -0.1) is 0 Å². The first-order chi connectivity index (χ1) is 19.0. The molecule has 4 aliphatic heterocycles. The molecule has 0 radical (unpaired) electrons. The summed E-state index contributed by atoms with van der Waals surface area (Å²) in [5.74, 6) is -0.333. The van der Waals surface area contributed by atoms with Crippen LogP contribution in [0.2, 0.25) is 0 Å².